The molecule has 0 aromatic heterocycles. The van der Waals surface area contributed by atoms with Crippen molar-refractivity contribution < 1.29 is 17.9 Å². The van der Waals surface area contributed by atoms with Crippen molar-refractivity contribution in [2.75, 3.05) is 24.9 Å². The lowest BCUT2D eigenvalue weighted by atomic mass is 9.92. The Morgan fingerprint density at radius 1 is 1.07 bits per heavy atom. The maximum atomic E-state index is 12.7. The minimum absolute atomic E-state index is 0.0112. The van der Waals surface area contributed by atoms with Gasteiger partial charge in [0.1, 0.15) is 5.75 Å². The molecule has 2 unspecified atom stereocenters. The van der Waals surface area contributed by atoms with E-state index in [1.165, 1.54) is 19.2 Å². The minimum Gasteiger partial charge on any atom is -0.495 e. The third-order valence-corrected chi connectivity index (χ3v) is 6.52. The monoisotopic (exact) mass is 428 g/mol. The summed E-state index contributed by atoms with van der Waals surface area (Å²) in [5.74, 6) is 1.45. The van der Waals surface area contributed by atoms with Crippen LogP contribution in [-0.4, -0.2) is 39.4 Å². The predicted octanol–water partition coefficient (Wildman–Crippen LogP) is 4.01. The van der Waals surface area contributed by atoms with Gasteiger partial charge < -0.3 is 9.64 Å². The number of sulfonamides is 1. The van der Waals surface area contributed by atoms with E-state index in [9.17, 15) is 13.2 Å². The summed E-state index contributed by atoms with van der Waals surface area (Å²) in [6.45, 7) is 5.88. The van der Waals surface area contributed by atoms with Gasteiger partial charge in [0.15, 0.2) is 0 Å². The summed E-state index contributed by atoms with van der Waals surface area (Å²) in [5, 5.41) is 0. The van der Waals surface area contributed by atoms with Crippen molar-refractivity contribution in [3.05, 3.63) is 60.2 Å². The molecule has 0 spiro atoms. The lowest BCUT2D eigenvalue weighted by Gasteiger charge is -2.34. The van der Waals surface area contributed by atoms with E-state index in [2.05, 4.69) is 18.6 Å². The van der Waals surface area contributed by atoms with E-state index in [1.54, 1.807) is 48.6 Å². The molecule has 0 bridgehead atoms. The summed E-state index contributed by atoms with van der Waals surface area (Å²) >= 11 is 0. The zero-order valence-electron chi connectivity index (χ0n) is 17.5. The number of hydrogen-bond donors (Lipinski definition) is 1. The number of carbonyl (C=O) groups is 1. The van der Waals surface area contributed by atoms with Gasteiger partial charge in [0.2, 0.25) is 5.91 Å². The highest BCUT2D eigenvalue weighted by molar-refractivity contribution is 7.92. The average molecular weight is 429 g/mol. The highest BCUT2D eigenvalue weighted by Gasteiger charge is 2.24. The highest BCUT2D eigenvalue weighted by atomic mass is 32.2. The second-order valence-electron chi connectivity index (χ2n) is 7.90. The molecule has 3 rings (SSSR count). The van der Waals surface area contributed by atoms with Gasteiger partial charge in [0, 0.05) is 19.2 Å². The largest absolute Gasteiger partial charge is 0.495 e. The van der Waals surface area contributed by atoms with Crippen LogP contribution in [0.2, 0.25) is 0 Å². The third kappa shape index (κ3) is 5.42. The molecule has 1 aliphatic rings. The van der Waals surface area contributed by atoms with Crippen LogP contribution in [0, 0.1) is 11.8 Å². The first-order chi connectivity index (χ1) is 14.3. The summed E-state index contributed by atoms with van der Waals surface area (Å²) in [7, 11) is -2.27. The van der Waals surface area contributed by atoms with Crippen LogP contribution in [0.4, 0.5) is 5.69 Å². The normalized spacial score (nSPS) is 19.6. The molecule has 1 heterocycles. The summed E-state index contributed by atoms with van der Waals surface area (Å²) in [4.78, 5) is 14.5. The van der Waals surface area contributed by atoms with Gasteiger partial charge in [-0.1, -0.05) is 38.1 Å². The van der Waals surface area contributed by atoms with Gasteiger partial charge in [-0.2, -0.15) is 0 Å². The topological polar surface area (TPSA) is 75.7 Å². The minimum atomic E-state index is -3.75. The fraction of sp³-hybridized carbons (Fsp3) is 0.348. The van der Waals surface area contributed by atoms with Gasteiger partial charge >= 0.3 is 0 Å². The van der Waals surface area contributed by atoms with E-state index >= 15 is 0 Å². The smallest absolute Gasteiger partial charge is 0.262 e. The number of likely N-dealkylation sites (tertiary alicyclic amines) is 1. The Balaban J connectivity index is 1.68. The molecule has 6 nitrogen and oxygen atoms in total. The number of rotatable bonds is 6. The fourth-order valence-corrected chi connectivity index (χ4v) is 4.88. The van der Waals surface area contributed by atoms with Crippen LogP contribution in [0.15, 0.2) is 59.5 Å². The fourth-order valence-electron chi connectivity index (χ4n) is 3.81. The summed E-state index contributed by atoms with van der Waals surface area (Å²) in [6.07, 6.45) is 4.42. The number of methoxy groups -OCH3 is 1. The number of amides is 1. The highest BCUT2D eigenvalue weighted by Crippen LogP contribution is 2.26. The lowest BCUT2D eigenvalue weighted by Crippen LogP contribution is -2.41. The van der Waals surface area contributed by atoms with Crippen LogP contribution < -0.4 is 9.46 Å². The molecule has 0 radical (unpaired) electrons. The molecule has 1 saturated heterocycles. The van der Waals surface area contributed by atoms with Crippen LogP contribution in [0.5, 0.6) is 5.75 Å². The van der Waals surface area contributed by atoms with E-state index < -0.39 is 10.0 Å². The van der Waals surface area contributed by atoms with E-state index in [4.69, 9.17) is 4.74 Å². The zero-order valence-corrected chi connectivity index (χ0v) is 18.4. The van der Waals surface area contributed by atoms with Crippen LogP contribution in [0.1, 0.15) is 25.8 Å². The molecular formula is C23H28N2O4S. The number of nitrogens with zero attached hydrogens (tertiary/aromatic N) is 1. The van der Waals surface area contributed by atoms with Crippen LogP contribution >= 0.6 is 0 Å². The van der Waals surface area contributed by atoms with E-state index in [1.807, 2.05) is 4.90 Å². The first-order valence-electron chi connectivity index (χ1n) is 10.0. The molecule has 1 fully saturated rings. The third-order valence-electron chi connectivity index (χ3n) is 5.14. The van der Waals surface area contributed by atoms with Crippen molar-refractivity contribution in [2.24, 2.45) is 11.8 Å². The quantitative estimate of drug-likeness (QED) is 0.706. The Kier molecular flexibility index (Phi) is 6.82. The summed E-state index contributed by atoms with van der Waals surface area (Å²) < 4.78 is 33.1. The van der Waals surface area contributed by atoms with Crippen LogP contribution in [-0.2, 0) is 14.8 Å². The number of para-hydroxylation sites is 2. The Hall–Kier alpha value is -2.80. The Morgan fingerprint density at radius 2 is 1.70 bits per heavy atom. The molecule has 160 valence electrons. The molecule has 1 amide bonds. The molecule has 1 aliphatic heterocycles. The Labute approximate surface area is 178 Å². The van der Waals surface area contributed by atoms with E-state index in [-0.39, 0.29) is 10.8 Å². The molecule has 0 aliphatic carbocycles. The number of nitrogens with one attached hydrogen (secondary N) is 1. The maximum Gasteiger partial charge on any atom is 0.262 e. The summed E-state index contributed by atoms with van der Waals surface area (Å²) in [5.41, 5.74) is 1.14. The molecule has 1 N–H and O–H groups in total. The van der Waals surface area contributed by atoms with Gasteiger partial charge in [-0.3, -0.25) is 9.52 Å². The molecule has 2 aromatic carbocycles. The first kappa shape index (κ1) is 21.9. The van der Waals surface area contributed by atoms with Crippen molar-refractivity contribution in [3.63, 3.8) is 0 Å². The van der Waals surface area contributed by atoms with Gasteiger partial charge in [0.25, 0.3) is 10.0 Å². The molecule has 0 saturated carbocycles. The number of ether oxygens (including phenoxy) is 1. The molecular weight excluding hydrogens is 400 g/mol. The number of benzene rings is 2. The maximum absolute atomic E-state index is 12.7. The van der Waals surface area contributed by atoms with Crippen LogP contribution in [0.3, 0.4) is 0 Å². The number of anilines is 1. The second kappa shape index (κ2) is 9.34. The Bertz CT molecular complexity index is 1010. The molecule has 30 heavy (non-hydrogen) atoms. The average Bonchev–Trinajstić information content (AvgIpc) is 2.71. The summed E-state index contributed by atoms with van der Waals surface area (Å²) in [6, 6.07) is 13.2. The van der Waals surface area contributed by atoms with Crippen molar-refractivity contribution in [1.82, 2.24) is 4.90 Å². The Morgan fingerprint density at radius 3 is 2.33 bits per heavy atom. The van der Waals surface area contributed by atoms with Crippen molar-refractivity contribution in [2.45, 2.75) is 25.2 Å². The zero-order chi connectivity index (χ0) is 21.7. The lowest BCUT2D eigenvalue weighted by molar-refractivity contribution is -0.128. The van der Waals surface area contributed by atoms with Crippen molar-refractivity contribution in [1.29, 1.82) is 0 Å². The number of piperidine rings is 1. The standard InChI is InChI=1S/C23H28N2O4S/c1-17-14-18(2)16-25(15-17)23(26)13-10-19-8-11-20(12-9-19)30(27,28)24-21-6-4-5-7-22(21)29-3/h4-13,17-18,24H,14-16H2,1-3H3/b13-10+. The molecule has 2 aromatic rings. The SMILES string of the molecule is COc1ccccc1NS(=O)(=O)c1ccc(/C=C/C(=O)N2CC(C)CC(C)C2)cc1. The van der Waals surface area contributed by atoms with Gasteiger partial charge in [0.05, 0.1) is 17.7 Å². The van der Waals surface area contributed by atoms with Crippen LogP contribution in [0.25, 0.3) is 6.08 Å². The van der Waals surface area contributed by atoms with E-state index in [0.717, 1.165) is 25.1 Å². The number of carbonyl (C=O) groups excluding carboxylic acids is 1. The van der Waals surface area contributed by atoms with Gasteiger partial charge in [-0.25, -0.2) is 8.42 Å². The molecule has 7 heteroatoms. The van der Waals surface area contributed by atoms with Crippen molar-refractivity contribution >= 4 is 27.7 Å². The predicted molar refractivity (Wildman–Crippen MR) is 119 cm³/mol. The van der Waals surface area contributed by atoms with Crippen molar-refractivity contribution in [3.8, 4) is 5.75 Å². The van der Waals surface area contributed by atoms with E-state index in [0.29, 0.717) is 23.3 Å². The van der Waals surface area contributed by atoms with Gasteiger partial charge in [-0.15, -0.1) is 0 Å². The molecule has 2 atom stereocenters. The number of hydrogen-bond acceptors (Lipinski definition) is 4. The van der Waals surface area contributed by atoms with Gasteiger partial charge in [-0.05, 0) is 54.2 Å². The second-order valence-corrected chi connectivity index (χ2v) is 9.58. The first-order valence-corrected chi connectivity index (χ1v) is 11.5.